The highest BCUT2D eigenvalue weighted by atomic mass is 19.1. The lowest BCUT2D eigenvalue weighted by atomic mass is 10.2. The second-order valence-corrected chi connectivity index (χ2v) is 3.98. The number of aliphatic hydroxyl groups is 1. The molecule has 4 nitrogen and oxygen atoms in total. The Morgan fingerprint density at radius 3 is 3.06 bits per heavy atom. The van der Waals surface area contributed by atoms with Gasteiger partial charge in [-0.05, 0) is 6.07 Å². The summed E-state index contributed by atoms with van der Waals surface area (Å²) in [6.45, 7) is -0.426. The minimum absolute atomic E-state index is 0.0922. The molecule has 6 heteroatoms. The minimum atomic E-state index is -1.17. The lowest BCUT2D eigenvalue weighted by Gasteiger charge is -2.22. The van der Waals surface area contributed by atoms with Gasteiger partial charge in [0.25, 0.3) is 5.91 Å². The number of amides is 1. The van der Waals surface area contributed by atoms with Gasteiger partial charge in [0.15, 0.2) is 5.82 Å². The Bertz CT molecular complexity index is 428. The van der Waals surface area contributed by atoms with Crippen LogP contribution in [-0.4, -0.2) is 46.3 Å². The molecule has 1 fully saturated rings. The number of nitrogens with zero attached hydrogens (tertiary/aromatic N) is 2. The number of halogens is 2. The van der Waals surface area contributed by atoms with E-state index in [4.69, 9.17) is 5.11 Å². The largest absolute Gasteiger partial charge is 0.394 e. The van der Waals surface area contributed by atoms with Crippen molar-refractivity contribution in [2.75, 3.05) is 13.2 Å². The zero-order valence-electron chi connectivity index (χ0n) is 9.01. The maximum absolute atomic E-state index is 13.4. The number of carbonyl (C=O) groups is 1. The molecular formula is C11H12F2N2O2. The van der Waals surface area contributed by atoms with Crippen LogP contribution in [0, 0.1) is 5.82 Å². The molecule has 1 aromatic rings. The first-order valence-corrected chi connectivity index (χ1v) is 5.29. The fourth-order valence-electron chi connectivity index (χ4n) is 1.98. The van der Waals surface area contributed by atoms with Crippen LogP contribution in [0.1, 0.15) is 16.8 Å². The Labute approximate surface area is 96.9 Å². The predicted molar refractivity (Wildman–Crippen MR) is 55.6 cm³/mol. The standard InChI is InChI=1S/C11H12F2N2O2/c12-7-3-8(6-16)15(5-7)11(17)9-1-2-14-4-10(9)13/h1-2,4,7-8,16H,3,5-6H2/t7-,8-/m0/s1. The van der Waals surface area contributed by atoms with Gasteiger partial charge in [0.2, 0.25) is 0 Å². The molecule has 1 aliphatic rings. The van der Waals surface area contributed by atoms with Crippen molar-refractivity contribution >= 4 is 5.91 Å². The van der Waals surface area contributed by atoms with Crippen LogP contribution >= 0.6 is 0 Å². The molecule has 0 aromatic carbocycles. The second kappa shape index (κ2) is 4.75. The average molecular weight is 242 g/mol. The smallest absolute Gasteiger partial charge is 0.257 e. The first-order valence-electron chi connectivity index (χ1n) is 5.29. The number of likely N-dealkylation sites (tertiary alicyclic amines) is 1. The van der Waals surface area contributed by atoms with Gasteiger partial charge in [-0.15, -0.1) is 0 Å². The molecule has 0 spiro atoms. The maximum Gasteiger partial charge on any atom is 0.257 e. The molecule has 1 aliphatic heterocycles. The lowest BCUT2D eigenvalue weighted by Crippen LogP contribution is -2.38. The van der Waals surface area contributed by atoms with Gasteiger partial charge in [0.05, 0.1) is 31.0 Å². The fraction of sp³-hybridized carbons (Fsp3) is 0.455. The van der Waals surface area contributed by atoms with Gasteiger partial charge < -0.3 is 10.0 Å². The molecule has 1 aromatic heterocycles. The van der Waals surface area contributed by atoms with Crippen LogP contribution in [0.15, 0.2) is 18.5 Å². The summed E-state index contributed by atoms with van der Waals surface area (Å²) in [5.74, 6) is -1.35. The molecule has 2 rings (SSSR count). The number of pyridine rings is 1. The molecule has 92 valence electrons. The molecule has 0 radical (unpaired) electrons. The molecule has 1 amide bonds. The van der Waals surface area contributed by atoms with Crippen LogP contribution in [0.4, 0.5) is 8.78 Å². The number of alkyl halides is 1. The Hall–Kier alpha value is -1.56. The van der Waals surface area contributed by atoms with Crippen molar-refractivity contribution in [3.05, 3.63) is 29.8 Å². The van der Waals surface area contributed by atoms with Crippen LogP contribution in [0.3, 0.4) is 0 Å². The third-order valence-electron chi connectivity index (χ3n) is 2.84. The van der Waals surface area contributed by atoms with Crippen LogP contribution in [0.5, 0.6) is 0 Å². The Balaban J connectivity index is 2.23. The van der Waals surface area contributed by atoms with Crippen LogP contribution in [0.2, 0.25) is 0 Å². The van der Waals surface area contributed by atoms with E-state index < -0.39 is 23.9 Å². The molecule has 0 bridgehead atoms. The van der Waals surface area contributed by atoms with Gasteiger partial charge in [-0.25, -0.2) is 8.78 Å². The zero-order chi connectivity index (χ0) is 12.4. The summed E-state index contributed by atoms with van der Waals surface area (Å²) >= 11 is 0. The van der Waals surface area contributed by atoms with E-state index in [0.29, 0.717) is 0 Å². The monoisotopic (exact) mass is 242 g/mol. The molecule has 0 unspecified atom stereocenters. The third-order valence-corrected chi connectivity index (χ3v) is 2.84. The Morgan fingerprint density at radius 2 is 2.41 bits per heavy atom. The summed E-state index contributed by atoms with van der Waals surface area (Å²) in [7, 11) is 0. The molecule has 0 aliphatic carbocycles. The van der Waals surface area contributed by atoms with Crippen LogP contribution in [-0.2, 0) is 0 Å². The molecular weight excluding hydrogens is 230 g/mol. The van der Waals surface area contributed by atoms with Crippen molar-refractivity contribution in [3.8, 4) is 0 Å². The summed E-state index contributed by atoms with van der Waals surface area (Å²) in [6.07, 6.45) is 1.16. The van der Waals surface area contributed by atoms with E-state index >= 15 is 0 Å². The molecule has 2 heterocycles. The average Bonchev–Trinajstić information content (AvgIpc) is 2.70. The van der Waals surface area contributed by atoms with Crippen LogP contribution in [0.25, 0.3) is 0 Å². The quantitative estimate of drug-likeness (QED) is 0.833. The van der Waals surface area contributed by atoms with Gasteiger partial charge in [0.1, 0.15) is 6.17 Å². The summed E-state index contributed by atoms with van der Waals surface area (Å²) in [5, 5.41) is 9.05. The number of aliphatic hydroxyl groups excluding tert-OH is 1. The number of carbonyl (C=O) groups excluding carboxylic acids is 1. The SMILES string of the molecule is O=C(c1ccncc1F)N1C[C@@H](F)C[C@H]1CO. The van der Waals surface area contributed by atoms with Crippen molar-refractivity contribution in [2.24, 2.45) is 0 Å². The minimum Gasteiger partial charge on any atom is -0.394 e. The van der Waals surface area contributed by atoms with E-state index in [2.05, 4.69) is 4.98 Å². The summed E-state index contributed by atoms with van der Waals surface area (Å²) in [6, 6.07) is 0.669. The van der Waals surface area contributed by atoms with E-state index in [1.807, 2.05) is 0 Å². The Morgan fingerprint density at radius 1 is 1.65 bits per heavy atom. The fourth-order valence-corrected chi connectivity index (χ4v) is 1.98. The van der Waals surface area contributed by atoms with Gasteiger partial charge in [-0.2, -0.15) is 0 Å². The molecule has 1 saturated heterocycles. The number of hydrogen-bond donors (Lipinski definition) is 1. The van der Waals surface area contributed by atoms with E-state index in [1.54, 1.807) is 0 Å². The van der Waals surface area contributed by atoms with Gasteiger partial charge in [-0.1, -0.05) is 0 Å². The lowest BCUT2D eigenvalue weighted by molar-refractivity contribution is 0.0668. The molecule has 0 saturated carbocycles. The number of aromatic nitrogens is 1. The summed E-state index contributed by atoms with van der Waals surface area (Å²) < 4.78 is 26.5. The van der Waals surface area contributed by atoms with Crippen molar-refractivity contribution in [1.29, 1.82) is 0 Å². The van der Waals surface area contributed by atoms with Crippen LogP contribution < -0.4 is 0 Å². The van der Waals surface area contributed by atoms with Crippen molar-refractivity contribution < 1.29 is 18.7 Å². The first kappa shape index (κ1) is 11.9. The molecule has 17 heavy (non-hydrogen) atoms. The topological polar surface area (TPSA) is 53.4 Å². The van der Waals surface area contributed by atoms with Crippen molar-refractivity contribution in [3.63, 3.8) is 0 Å². The highest BCUT2D eigenvalue weighted by molar-refractivity contribution is 5.94. The predicted octanol–water partition coefficient (Wildman–Crippen LogP) is 0.766. The highest BCUT2D eigenvalue weighted by Gasteiger charge is 2.36. The van der Waals surface area contributed by atoms with Gasteiger partial charge >= 0.3 is 0 Å². The highest BCUT2D eigenvalue weighted by Crippen LogP contribution is 2.22. The van der Waals surface area contributed by atoms with E-state index in [0.717, 1.165) is 6.20 Å². The van der Waals surface area contributed by atoms with Crippen molar-refractivity contribution in [2.45, 2.75) is 18.6 Å². The van der Waals surface area contributed by atoms with Crippen molar-refractivity contribution in [1.82, 2.24) is 9.88 Å². The van der Waals surface area contributed by atoms with E-state index in [-0.39, 0.29) is 25.1 Å². The second-order valence-electron chi connectivity index (χ2n) is 3.98. The number of rotatable bonds is 2. The first-order chi connectivity index (χ1) is 8.13. The normalized spacial score (nSPS) is 24.1. The molecule has 1 N–H and O–H groups in total. The zero-order valence-corrected chi connectivity index (χ0v) is 9.01. The summed E-state index contributed by atoms with van der Waals surface area (Å²) in [4.78, 5) is 16.7. The Kier molecular flexibility index (Phi) is 3.33. The summed E-state index contributed by atoms with van der Waals surface area (Å²) in [5.41, 5.74) is -0.146. The molecule has 2 atom stereocenters. The van der Waals surface area contributed by atoms with E-state index in [9.17, 15) is 13.6 Å². The maximum atomic E-state index is 13.4. The number of hydrogen-bond acceptors (Lipinski definition) is 3. The van der Waals surface area contributed by atoms with E-state index in [1.165, 1.54) is 17.2 Å². The van der Waals surface area contributed by atoms with Gasteiger partial charge in [0, 0.05) is 12.6 Å². The third kappa shape index (κ3) is 2.26. The van der Waals surface area contributed by atoms with Gasteiger partial charge in [-0.3, -0.25) is 9.78 Å².